The van der Waals surface area contributed by atoms with Crippen molar-refractivity contribution in [3.63, 3.8) is 0 Å². The van der Waals surface area contributed by atoms with E-state index >= 15 is 0 Å². The largest absolute Gasteiger partial charge is 0.475 e. The first-order chi connectivity index (χ1) is 13.1. The number of carbonyl (C=O) groups excluding carboxylic acids is 1. The molecule has 0 saturated heterocycles. The van der Waals surface area contributed by atoms with Crippen LogP contribution in [-0.4, -0.2) is 22.2 Å². The number of nitriles is 1. The number of thiazole rings is 1. The third-order valence-corrected chi connectivity index (χ3v) is 4.82. The van der Waals surface area contributed by atoms with E-state index in [2.05, 4.69) is 11.1 Å². The average molecular weight is 394 g/mol. The molecule has 1 aromatic heterocycles. The summed E-state index contributed by atoms with van der Waals surface area (Å²) in [5, 5.41) is 9.06. The lowest BCUT2D eigenvalue weighted by Crippen LogP contribution is -2.43. The molecule has 0 saturated carbocycles. The molecular formula is C22H22N2O3S. The maximum absolute atomic E-state index is 12.6. The molecule has 0 aliphatic rings. The molecule has 6 heteroatoms. The minimum Gasteiger partial charge on any atom is -0.475 e. The predicted octanol–water partition coefficient (Wildman–Crippen LogP) is 5.33. The van der Waals surface area contributed by atoms with E-state index in [9.17, 15) is 4.79 Å². The number of rotatable bonds is 4. The summed E-state index contributed by atoms with van der Waals surface area (Å²) in [7, 11) is 0. The second kappa shape index (κ2) is 7.25. The fourth-order valence-corrected chi connectivity index (χ4v) is 3.39. The predicted molar refractivity (Wildman–Crippen MR) is 110 cm³/mol. The van der Waals surface area contributed by atoms with Crippen LogP contribution < -0.4 is 4.74 Å². The third kappa shape index (κ3) is 4.15. The molecule has 0 atom stereocenters. The second-order valence-electron chi connectivity index (χ2n) is 7.94. The molecule has 144 valence electrons. The van der Waals surface area contributed by atoms with Gasteiger partial charge in [0.2, 0.25) is 0 Å². The summed E-state index contributed by atoms with van der Waals surface area (Å²) in [6.07, 6.45) is 0. The second-order valence-corrected chi connectivity index (χ2v) is 8.83. The summed E-state index contributed by atoms with van der Waals surface area (Å²) in [6.45, 7) is 8.85. The molecule has 0 amide bonds. The van der Waals surface area contributed by atoms with Crippen molar-refractivity contribution in [2.45, 2.75) is 45.8 Å². The highest BCUT2D eigenvalue weighted by atomic mass is 32.1. The number of ether oxygens (including phenoxy) is 2. The van der Waals surface area contributed by atoms with Crippen molar-refractivity contribution < 1.29 is 14.3 Å². The number of aromatic nitrogens is 1. The first-order valence-corrected chi connectivity index (χ1v) is 9.78. The van der Waals surface area contributed by atoms with Crippen LogP contribution in [0.3, 0.4) is 0 Å². The molecule has 28 heavy (non-hydrogen) atoms. The van der Waals surface area contributed by atoms with Crippen molar-refractivity contribution in [1.29, 1.82) is 5.26 Å². The van der Waals surface area contributed by atoms with E-state index in [0.717, 1.165) is 21.3 Å². The van der Waals surface area contributed by atoms with Crippen LogP contribution in [-0.2, 0) is 9.53 Å². The van der Waals surface area contributed by atoms with E-state index in [-0.39, 0.29) is 0 Å². The van der Waals surface area contributed by atoms with E-state index in [1.165, 1.54) is 11.3 Å². The summed E-state index contributed by atoms with van der Waals surface area (Å²) >= 11 is 1.53. The van der Waals surface area contributed by atoms with Gasteiger partial charge < -0.3 is 9.47 Å². The number of esters is 1. The molecular weight excluding hydrogens is 372 g/mol. The van der Waals surface area contributed by atoms with Crippen molar-refractivity contribution in [3.8, 4) is 22.9 Å². The summed E-state index contributed by atoms with van der Waals surface area (Å²) in [5.41, 5.74) is 3.02. The summed E-state index contributed by atoms with van der Waals surface area (Å²) in [6, 6.07) is 13.1. The minimum atomic E-state index is -1.18. The monoisotopic (exact) mass is 394 g/mol. The van der Waals surface area contributed by atoms with Gasteiger partial charge in [-0.3, -0.25) is 0 Å². The molecule has 0 radical (unpaired) electrons. The van der Waals surface area contributed by atoms with Crippen molar-refractivity contribution in [2.75, 3.05) is 0 Å². The van der Waals surface area contributed by atoms with E-state index < -0.39 is 17.2 Å². The molecule has 2 aromatic carbocycles. The molecule has 0 spiro atoms. The van der Waals surface area contributed by atoms with Crippen molar-refractivity contribution >= 4 is 27.5 Å². The zero-order chi connectivity index (χ0) is 20.5. The van der Waals surface area contributed by atoms with Gasteiger partial charge in [0, 0.05) is 0 Å². The Kier molecular flexibility index (Phi) is 5.14. The zero-order valence-electron chi connectivity index (χ0n) is 16.6. The Morgan fingerprint density at radius 1 is 1.07 bits per heavy atom. The van der Waals surface area contributed by atoms with Crippen LogP contribution in [0.5, 0.6) is 5.75 Å². The Labute approximate surface area is 168 Å². The Morgan fingerprint density at radius 3 is 2.36 bits per heavy atom. The van der Waals surface area contributed by atoms with E-state index in [4.69, 9.17) is 14.7 Å². The maximum atomic E-state index is 12.6. The molecule has 3 rings (SSSR count). The molecule has 0 unspecified atom stereocenters. The molecule has 0 bridgehead atoms. The highest BCUT2D eigenvalue weighted by molar-refractivity contribution is 7.16. The minimum absolute atomic E-state index is 0.441. The third-order valence-electron chi connectivity index (χ3n) is 4.02. The molecule has 5 nitrogen and oxygen atoms in total. The molecule has 1 heterocycles. The first kappa shape index (κ1) is 19.8. The van der Waals surface area contributed by atoms with Crippen LogP contribution in [0, 0.1) is 11.3 Å². The zero-order valence-corrected chi connectivity index (χ0v) is 17.4. The van der Waals surface area contributed by atoms with Gasteiger partial charge in [-0.1, -0.05) is 12.1 Å². The van der Waals surface area contributed by atoms with E-state index in [0.29, 0.717) is 11.3 Å². The standard InChI is InChI=1S/C22H22N2O3S/c1-21(2,3)27-20(25)22(4,5)26-16-10-11-17-19(24-13-28-17)18(16)15-8-6-14(12-23)7-9-15/h6-11,13H,1-5H3. The van der Waals surface area contributed by atoms with Crippen LogP contribution >= 0.6 is 11.3 Å². The molecule has 0 fully saturated rings. The van der Waals surface area contributed by atoms with Crippen LogP contribution in [0.15, 0.2) is 41.9 Å². The summed E-state index contributed by atoms with van der Waals surface area (Å²) < 4.78 is 12.7. The lowest BCUT2D eigenvalue weighted by atomic mass is 10.0. The van der Waals surface area contributed by atoms with Gasteiger partial charge in [-0.15, -0.1) is 11.3 Å². The number of nitrogens with zero attached hydrogens (tertiary/aromatic N) is 2. The van der Waals surface area contributed by atoms with Crippen molar-refractivity contribution in [1.82, 2.24) is 4.98 Å². The van der Waals surface area contributed by atoms with Gasteiger partial charge in [0.15, 0.2) is 5.60 Å². The van der Waals surface area contributed by atoms with Gasteiger partial charge in [0.05, 0.1) is 32.9 Å². The lowest BCUT2D eigenvalue weighted by molar-refractivity contribution is -0.170. The number of fused-ring (bicyclic) bond motifs is 1. The van der Waals surface area contributed by atoms with Crippen LogP contribution in [0.4, 0.5) is 0 Å². The molecule has 0 aliphatic carbocycles. The summed E-state index contributed by atoms with van der Waals surface area (Å²) in [5.74, 6) is 0.100. The Morgan fingerprint density at radius 2 is 1.75 bits per heavy atom. The number of hydrogen-bond donors (Lipinski definition) is 0. The Hall–Kier alpha value is -2.91. The Balaban J connectivity index is 2.06. The van der Waals surface area contributed by atoms with Gasteiger partial charge in [-0.05, 0) is 64.4 Å². The Bertz CT molecular complexity index is 1050. The van der Waals surface area contributed by atoms with Crippen LogP contribution in [0.1, 0.15) is 40.2 Å². The quantitative estimate of drug-likeness (QED) is 0.559. The summed E-state index contributed by atoms with van der Waals surface area (Å²) in [4.78, 5) is 17.1. The average Bonchev–Trinajstić information content (AvgIpc) is 3.08. The van der Waals surface area contributed by atoms with Gasteiger partial charge in [-0.2, -0.15) is 5.26 Å². The number of carbonyl (C=O) groups is 1. The molecule has 3 aromatic rings. The van der Waals surface area contributed by atoms with Gasteiger partial charge >= 0.3 is 5.97 Å². The maximum Gasteiger partial charge on any atom is 0.350 e. The fourth-order valence-electron chi connectivity index (χ4n) is 2.71. The smallest absolute Gasteiger partial charge is 0.350 e. The van der Waals surface area contributed by atoms with E-state index in [1.807, 2.05) is 45.0 Å². The van der Waals surface area contributed by atoms with Gasteiger partial charge in [0.25, 0.3) is 0 Å². The first-order valence-electron chi connectivity index (χ1n) is 8.90. The normalized spacial score (nSPS) is 11.9. The highest BCUT2D eigenvalue weighted by Gasteiger charge is 2.35. The molecule has 0 N–H and O–H groups in total. The van der Waals surface area contributed by atoms with Crippen LogP contribution in [0.25, 0.3) is 21.3 Å². The lowest BCUT2D eigenvalue weighted by Gasteiger charge is -2.30. The van der Waals surface area contributed by atoms with E-state index in [1.54, 1.807) is 31.5 Å². The molecule has 0 aliphatic heterocycles. The number of hydrogen-bond acceptors (Lipinski definition) is 6. The number of benzene rings is 2. The van der Waals surface area contributed by atoms with Gasteiger partial charge in [-0.25, -0.2) is 9.78 Å². The van der Waals surface area contributed by atoms with Crippen molar-refractivity contribution in [2.24, 2.45) is 0 Å². The van der Waals surface area contributed by atoms with Gasteiger partial charge in [0.1, 0.15) is 11.4 Å². The topological polar surface area (TPSA) is 72.2 Å². The van der Waals surface area contributed by atoms with Crippen molar-refractivity contribution in [3.05, 3.63) is 47.5 Å². The fraction of sp³-hybridized carbons (Fsp3) is 0.318. The SMILES string of the molecule is CC(C)(C)OC(=O)C(C)(C)Oc1ccc2scnc2c1-c1ccc(C#N)cc1. The van der Waals surface area contributed by atoms with Crippen LogP contribution in [0.2, 0.25) is 0 Å². The highest BCUT2D eigenvalue weighted by Crippen LogP contribution is 2.39.